The first kappa shape index (κ1) is 39.6. The predicted octanol–water partition coefficient (Wildman–Crippen LogP) is 0.776. The third kappa shape index (κ3) is 5.99. The lowest BCUT2D eigenvalue weighted by Crippen LogP contribution is -2.59. The number of hydrogen-bond acceptors (Lipinski definition) is 12. The first-order chi connectivity index (χ1) is 20.7. The van der Waals surface area contributed by atoms with Crippen LogP contribution in [-0.4, -0.2) is 116 Å². The van der Waals surface area contributed by atoms with Gasteiger partial charge in [-0.25, -0.2) is 25.3 Å². The zero-order valence-electron chi connectivity index (χ0n) is 23.6. The summed E-state index contributed by atoms with van der Waals surface area (Å²) in [5.41, 5.74) is 0. The van der Waals surface area contributed by atoms with Crippen LogP contribution >= 0.6 is 0 Å². The maximum atomic E-state index is 15.6. The van der Waals surface area contributed by atoms with Crippen LogP contribution in [0.15, 0.2) is 0 Å². The molecule has 3 aliphatic heterocycles. The molecule has 46 heavy (non-hydrogen) atoms. The van der Waals surface area contributed by atoms with Crippen LogP contribution in [0.25, 0.3) is 0 Å². The van der Waals surface area contributed by atoms with E-state index in [4.69, 9.17) is 0 Å². The zero-order chi connectivity index (χ0) is 35.4. The quantitative estimate of drug-likeness (QED) is 0.198. The molecule has 0 bridgehead atoms. The van der Waals surface area contributed by atoms with Gasteiger partial charge in [-0.1, -0.05) is 19.3 Å². The number of nitrogens with zero attached hydrogens (tertiary/aromatic N) is 3. The number of hydrogen-bond donors (Lipinski definition) is 0. The second-order valence-corrected chi connectivity index (χ2v) is 23.8. The summed E-state index contributed by atoms with van der Waals surface area (Å²) in [6, 6.07) is 0. The first-order valence-corrected chi connectivity index (χ1v) is 22.2. The Morgan fingerprint density at radius 2 is 0.522 bits per heavy atom. The Balaban J connectivity index is 2.38. The zero-order valence-corrected chi connectivity index (χ0v) is 28.5. The molecule has 0 spiro atoms. The van der Waals surface area contributed by atoms with Crippen molar-refractivity contribution < 1.29 is 76.8 Å². The smallest absolute Gasteiger partial charge is 0.253 e. The van der Waals surface area contributed by atoms with E-state index < -0.39 is 117 Å². The summed E-state index contributed by atoms with van der Waals surface area (Å²) in [4.78, 5) is 0. The number of sulfonamides is 3. The molecule has 0 aliphatic carbocycles. The molecule has 0 saturated carbocycles. The summed E-state index contributed by atoms with van der Waals surface area (Å²) in [5.74, 6) is 0. The van der Waals surface area contributed by atoms with Gasteiger partial charge in [0.05, 0.1) is 3.91 Å². The van der Waals surface area contributed by atoms with E-state index in [1.54, 1.807) is 0 Å². The van der Waals surface area contributed by atoms with E-state index in [0.717, 1.165) is 0 Å². The maximum Gasteiger partial charge on any atom is 0.433 e. The summed E-state index contributed by atoms with van der Waals surface area (Å²) in [6.07, 6.45) is -0.645. The van der Waals surface area contributed by atoms with E-state index >= 15 is 26.3 Å². The van der Waals surface area contributed by atoms with Gasteiger partial charge in [-0.3, -0.25) is 25.3 Å². The molecule has 0 atom stereocenters. The van der Waals surface area contributed by atoms with Gasteiger partial charge < -0.3 is 0 Å². The molecule has 0 aromatic carbocycles. The van der Waals surface area contributed by atoms with Crippen LogP contribution in [0.1, 0.15) is 57.8 Å². The highest BCUT2D eigenvalue weighted by Gasteiger charge is 2.72. The van der Waals surface area contributed by atoms with Crippen molar-refractivity contribution in [2.45, 2.75) is 71.5 Å². The minimum absolute atomic E-state index is 0.200. The number of rotatable bonds is 12. The molecule has 3 aliphatic rings. The van der Waals surface area contributed by atoms with Crippen LogP contribution in [0.5, 0.6) is 0 Å². The van der Waals surface area contributed by atoms with Gasteiger partial charge in [-0.2, -0.15) is 39.3 Å². The molecule has 0 amide bonds. The minimum atomic E-state index is -8.42. The molecule has 272 valence electrons. The van der Waals surface area contributed by atoms with Crippen molar-refractivity contribution in [3.05, 3.63) is 3.91 Å². The highest BCUT2D eigenvalue weighted by molar-refractivity contribution is 8.35. The van der Waals surface area contributed by atoms with Crippen molar-refractivity contribution in [2.75, 3.05) is 39.3 Å². The fourth-order valence-corrected chi connectivity index (χ4v) is 19.9. The van der Waals surface area contributed by atoms with Crippen LogP contribution in [0, 0.1) is 3.91 Å². The Morgan fingerprint density at radius 3 is 0.696 bits per heavy atom. The number of halogens is 6. The maximum absolute atomic E-state index is 15.6. The average molecular weight is 799 g/mol. The van der Waals surface area contributed by atoms with Crippen LogP contribution < -0.4 is 0 Å². The Kier molecular flexibility index (Phi) is 11.0. The van der Waals surface area contributed by atoms with Gasteiger partial charge in [0.15, 0.2) is 0 Å². The Bertz CT molecular complexity index is 1610. The number of alkyl halides is 6. The fourth-order valence-electron chi connectivity index (χ4n) is 4.91. The highest BCUT2D eigenvalue weighted by atomic mass is 32.4. The Labute approximate surface area is 263 Å². The number of sulfone groups is 3. The molecule has 0 aromatic rings. The van der Waals surface area contributed by atoms with E-state index in [1.807, 2.05) is 0 Å². The summed E-state index contributed by atoms with van der Waals surface area (Å²) in [5, 5.41) is 0. The standard InChI is InChI=1S/C19H30F6N3O12S6/c20-17(21,44(35,36)26-10-4-1-5-11-26)41(29,30)16(42(31,32)18(22,23)45(37,38)27-12-6-2-7-13-27)43(33,34)19(24,25)46(39,40)28-14-8-3-9-15-28/h1-15H2/q-1. The second-order valence-electron chi connectivity index (χ2n) is 10.5. The van der Waals surface area contributed by atoms with Crippen molar-refractivity contribution in [1.82, 2.24) is 12.9 Å². The molecule has 0 N–H and O–H groups in total. The van der Waals surface area contributed by atoms with E-state index in [1.165, 1.54) is 0 Å². The summed E-state index contributed by atoms with van der Waals surface area (Å²) < 4.78 is 223. The van der Waals surface area contributed by atoms with Crippen molar-refractivity contribution in [2.24, 2.45) is 0 Å². The topological polar surface area (TPSA) is 215 Å². The lowest BCUT2D eigenvalue weighted by molar-refractivity contribution is 0.160. The van der Waals surface area contributed by atoms with Crippen molar-refractivity contribution >= 4 is 59.6 Å². The van der Waals surface area contributed by atoms with E-state index in [0.29, 0.717) is 0 Å². The van der Waals surface area contributed by atoms with Crippen LogP contribution in [-0.2, 0) is 59.6 Å². The largest absolute Gasteiger partial charge is 0.433 e. The van der Waals surface area contributed by atoms with Crippen molar-refractivity contribution in [3.63, 3.8) is 0 Å². The van der Waals surface area contributed by atoms with Gasteiger partial charge in [0.25, 0.3) is 30.1 Å². The average Bonchev–Trinajstić information content (AvgIpc) is 2.97. The van der Waals surface area contributed by atoms with Crippen LogP contribution in [0.3, 0.4) is 0 Å². The van der Waals surface area contributed by atoms with Gasteiger partial charge in [0.2, 0.25) is 0 Å². The second kappa shape index (κ2) is 12.8. The summed E-state index contributed by atoms with van der Waals surface area (Å²) in [6.45, 7) is -5.33. The third-order valence-corrected chi connectivity index (χ3v) is 23.4. The van der Waals surface area contributed by atoms with Crippen LogP contribution in [0.2, 0.25) is 0 Å². The third-order valence-electron chi connectivity index (χ3n) is 7.46. The van der Waals surface area contributed by atoms with Gasteiger partial charge in [0, 0.05) is 39.3 Å². The van der Waals surface area contributed by atoms with Crippen molar-refractivity contribution in [3.8, 4) is 0 Å². The molecule has 3 heterocycles. The molecule has 0 radical (unpaired) electrons. The van der Waals surface area contributed by atoms with Gasteiger partial charge in [-0.15, -0.1) is 0 Å². The molecule has 3 fully saturated rings. The Morgan fingerprint density at radius 1 is 0.348 bits per heavy atom. The predicted molar refractivity (Wildman–Crippen MR) is 148 cm³/mol. The lowest BCUT2D eigenvalue weighted by Gasteiger charge is -2.40. The normalized spacial score (nSPS) is 22.2. The van der Waals surface area contributed by atoms with Crippen molar-refractivity contribution in [1.29, 1.82) is 0 Å². The van der Waals surface area contributed by atoms with Gasteiger partial charge in [0.1, 0.15) is 29.5 Å². The number of piperidine rings is 3. The highest BCUT2D eigenvalue weighted by Crippen LogP contribution is 2.52. The SMILES string of the molecule is O=S(=O)([C-](S(=O)(=O)C(F)(F)S(=O)(=O)N1CCCCC1)S(=O)(=O)C(F)(F)S(=O)(=O)N1CCCCC1)C(F)(F)S(=O)(=O)N1CCCCC1. The van der Waals surface area contributed by atoms with E-state index in [9.17, 15) is 50.5 Å². The van der Waals surface area contributed by atoms with Crippen LogP contribution in [0.4, 0.5) is 26.3 Å². The lowest BCUT2D eigenvalue weighted by atomic mass is 10.2. The molecular weight excluding hydrogens is 769 g/mol. The Hall–Kier alpha value is -0.840. The van der Waals surface area contributed by atoms with Gasteiger partial charge in [-0.05, 0) is 38.5 Å². The molecule has 0 aromatic heterocycles. The summed E-state index contributed by atoms with van der Waals surface area (Å²) >= 11 is 0. The first-order valence-electron chi connectivity index (χ1n) is 13.4. The minimum Gasteiger partial charge on any atom is -0.253 e. The van der Waals surface area contributed by atoms with Gasteiger partial charge >= 0.3 is 13.8 Å². The van der Waals surface area contributed by atoms with E-state index in [2.05, 4.69) is 0 Å². The molecule has 27 heteroatoms. The van der Waals surface area contributed by atoms with E-state index in [-0.39, 0.29) is 70.7 Å². The molecule has 15 nitrogen and oxygen atoms in total. The molecule has 3 saturated heterocycles. The molecular formula is C19H30F6N3O12S6-. The monoisotopic (exact) mass is 798 g/mol. The molecule has 3 rings (SSSR count). The molecule has 0 unspecified atom stereocenters. The fraction of sp³-hybridized carbons (Fsp3) is 0.947. The summed E-state index contributed by atoms with van der Waals surface area (Å²) in [7, 11) is -45.8.